The van der Waals surface area contributed by atoms with Gasteiger partial charge in [-0.1, -0.05) is 58.9 Å². The topological polar surface area (TPSA) is 12.0 Å². The minimum Gasteiger partial charge on any atom is -0.360 e. The van der Waals surface area contributed by atoms with Gasteiger partial charge in [-0.05, 0) is 37.8 Å². The average Bonchev–Trinajstić information content (AvgIpc) is 2.45. The number of allylic oxidation sites excluding steroid dienone is 2. The molecule has 1 aromatic rings. The maximum atomic E-state index is 3.79. The lowest BCUT2D eigenvalue weighted by atomic mass is 10.2. The van der Waals surface area contributed by atoms with Crippen LogP contribution in [0.1, 0.15) is 53.5 Å². The molecule has 0 bridgehead atoms. The van der Waals surface area contributed by atoms with Crippen molar-refractivity contribution in [3.63, 3.8) is 0 Å². The van der Waals surface area contributed by atoms with Crippen LogP contribution in [0.15, 0.2) is 49.2 Å². The van der Waals surface area contributed by atoms with Gasteiger partial charge < -0.3 is 5.32 Å². The zero-order chi connectivity index (χ0) is 17.1. The molecule has 0 aliphatic rings. The zero-order valence-corrected chi connectivity index (χ0v) is 15.9. The van der Waals surface area contributed by atoms with Crippen LogP contribution in [0, 0.1) is 0 Å². The molecule has 0 fully saturated rings. The van der Waals surface area contributed by atoms with Crippen molar-refractivity contribution in [1.82, 2.24) is 0 Å². The Morgan fingerprint density at radius 1 is 1.19 bits per heavy atom. The van der Waals surface area contributed by atoms with Crippen molar-refractivity contribution in [3.8, 4) is 0 Å². The van der Waals surface area contributed by atoms with Crippen LogP contribution in [-0.2, 0) is 5.75 Å². The first-order valence-electron chi connectivity index (χ1n) is 7.63. The summed E-state index contributed by atoms with van der Waals surface area (Å²) >= 11 is 1.84. The Kier molecular flexibility index (Phi) is 25.0. The van der Waals surface area contributed by atoms with Crippen LogP contribution in [0.5, 0.6) is 0 Å². The maximum absolute atomic E-state index is 3.79. The normalized spacial score (nSPS) is 7.76. The summed E-state index contributed by atoms with van der Waals surface area (Å²) in [5, 5.41) is 3.17. The smallest absolute Gasteiger partial charge is 0.0381 e. The van der Waals surface area contributed by atoms with Gasteiger partial charge in [0.05, 0.1) is 0 Å². The molecule has 1 nitrogen and oxygen atoms in total. The van der Waals surface area contributed by atoms with Gasteiger partial charge in [-0.15, -0.1) is 6.58 Å². The maximum Gasteiger partial charge on any atom is 0.0381 e. The lowest BCUT2D eigenvalue weighted by molar-refractivity contribution is 1.09. The van der Waals surface area contributed by atoms with Crippen LogP contribution in [-0.4, -0.2) is 6.26 Å². The van der Waals surface area contributed by atoms with E-state index in [4.69, 9.17) is 0 Å². The molecule has 0 atom stereocenters. The molecule has 0 aliphatic heterocycles. The van der Waals surface area contributed by atoms with E-state index in [0.717, 1.165) is 17.1 Å². The van der Waals surface area contributed by atoms with E-state index in [0.29, 0.717) is 0 Å². The fourth-order valence-corrected chi connectivity index (χ4v) is 1.62. The van der Waals surface area contributed by atoms with Crippen LogP contribution in [0.3, 0.4) is 0 Å². The predicted molar refractivity (Wildman–Crippen MR) is 105 cm³/mol. The van der Waals surface area contributed by atoms with Gasteiger partial charge in [0.1, 0.15) is 0 Å². The van der Waals surface area contributed by atoms with Crippen molar-refractivity contribution >= 4 is 17.4 Å². The quantitative estimate of drug-likeness (QED) is 0.594. The van der Waals surface area contributed by atoms with Crippen molar-refractivity contribution in [2.45, 2.75) is 53.7 Å². The van der Waals surface area contributed by atoms with E-state index in [9.17, 15) is 0 Å². The summed E-state index contributed by atoms with van der Waals surface area (Å²) in [5.74, 6) is 1.08. The van der Waals surface area contributed by atoms with Crippen LogP contribution >= 0.6 is 11.8 Å². The van der Waals surface area contributed by atoms with Crippen molar-refractivity contribution in [2.24, 2.45) is 0 Å². The van der Waals surface area contributed by atoms with Crippen LogP contribution < -0.4 is 5.32 Å². The van der Waals surface area contributed by atoms with Gasteiger partial charge in [-0.25, -0.2) is 0 Å². The van der Waals surface area contributed by atoms with Gasteiger partial charge in [0, 0.05) is 17.1 Å². The molecule has 0 amide bonds. The van der Waals surface area contributed by atoms with Gasteiger partial charge in [0.2, 0.25) is 0 Å². The van der Waals surface area contributed by atoms with Gasteiger partial charge in [-0.3, -0.25) is 0 Å². The van der Waals surface area contributed by atoms with E-state index in [2.05, 4.69) is 62.8 Å². The molecule has 1 N–H and O–H groups in total. The second kappa shape index (κ2) is 21.2. The van der Waals surface area contributed by atoms with Gasteiger partial charge >= 0.3 is 0 Å². The molecule has 0 heterocycles. The number of benzene rings is 1. The molecule has 0 aromatic heterocycles. The first kappa shape index (κ1) is 24.8. The summed E-state index contributed by atoms with van der Waals surface area (Å²) in [4.78, 5) is 0. The molecule has 21 heavy (non-hydrogen) atoms. The summed E-state index contributed by atoms with van der Waals surface area (Å²) in [5.41, 5.74) is 3.44. The van der Waals surface area contributed by atoms with Gasteiger partial charge in [-0.2, -0.15) is 11.8 Å². The molecule has 122 valence electrons. The van der Waals surface area contributed by atoms with Gasteiger partial charge in [0.15, 0.2) is 0 Å². The second-order valence-electron chi connectivity index (χ2n) is 4.15. The number of thioether (sulfide) groups is 1. The summed E-state index contributed by atoms with van der Waals surface area (Å²) in [6.07, 6.45) is 5.11. The predicted octanol–water partition coefficient (Wildman–Crippen LogP) is 7.13. The molecule has 0 saturated carbocycles. The van der Waals surface area contributed by atoms with Crippen LogP contribution in [0.25, 0.3) is 0 Å². The van der Waals surface area contributed by atoms with E-state index < -0.39 is 0 Å². The third kappa shape index (κ3) is 21.3. The minimum absolute atomic E-state index is 0.970. The highest BCUT2D eigenvalue weighted by molar-refractivity contribution is 7.97. The molecule has 0 aliphatic carbocycles. The SMILES string of the molecule is C=C(C)Nc1ccc(CSC)cc1.C=CC.CC.CCC. The average molecular weight is 310 g/mol. The van der Waals surface area contributed by atoms with E-state index >= 15 is 0 Å². The molecule has 1 aromatic carbocycles. The third-order valence-electron chi connectivity index (χ3n) is 1.62. The van der Waals surface area contributed by atoms with Crippen LogP contribution in [0.2, 0.25) is 0 Å². The second-order valence-corrected chi connectivity index (χ2v) is 5.02. The Labute approximate surface area is 137 Å². The summed E-state index contributed by atoms with van der Waals surface area (Å²) in [7, 11) is 0. The number of hydrogen-bond donors (Lipinski definition) is 1. The molecule has 1 rings (SSSR count). The molecule has 0 unspecified atom stereocenters. The van der Waals surface area contributed by atoms with Gasteiger partial charge in [0.25, 0.3) is 0 Å². The molecular formula is C19H35NS. The monoisotopic (exact) mass is 309 g/mol. The molecule has 2 heteroatoms. The molecule has 0 saturated heterocycles. The van der Waals surface area contributed by atoms with Crippen molar-refractivity contribution < 1.29 is 0 Å². The summed E-state index contributed by atoms with van der Waals surface area (Å²) in [6, 6.07) is 8.45. The largest absolute Gasteiger partial charge is 0.360 e. The lowest BCUT2D eigenvalue weighted by Gasteiger charge is -2.05. The Hall–Kier alpha value is -1.15. The molecule has 0 radical (unpaired) electrons. The van der Waals surface area contributed by atoms with Crippen molar-refractivity contribution in [3.05, 3.63) is 54.8 Å². The number of hydrogen-bond acceptors (Lipinski definition) is 2. The Morgan fingerprint density at radius 3 is 1.86 bits per heavy atom. The highest BCUT2D eigenvalue weighted by atomic mass is 32.2. The minimum atomic E-state index is 0.970. The Bertz CT molecular complexity index is 328. The van der Waals surface area contributed by atoms with E-state index in [1.54, 1.807) is 6.08 Å². The third-order valence-corrected chi connectivity index (χ3v) is 2.24. The number of nitrogens with one attached hydrogen (secondary N) is 1. The Balaban J connectivity index is -0.000000342. The first-order valence-corrected chi connectivity index (χ1v) is 9.02. The Morgan fingerprint density at radius 2 is 1.57 bits per heavy atom. The first-order chi connectivity index (χ1) is 10.0. The highest BCUT2D eigenvalue weighted by Gasteiger charge is 1.92. The fraction of sp³-hybridized carbons (Fsp3) is 0.474. The standard InChI is InChI=1S/C11H15NS.C3H8.C3H6.C2H6/c1-9(2)12-11-6-4-10(5-7-11)8-13-3;2*1-3-2;1-2/h4-7,12H,1,8H2,2-3H3;3H2,1-2H3;3H,1H2,2H3;1-2H3. The fourth-order valence-electron chi connectivity index (χ4n) is 1.10. The van der Waals surface area contributed by atoms with Crippen molar-refractivity contribution in [1.29, 1.82) is 0 Å². The van der Waals surface area contributed by atoms with Crippen LogP contribution in [0.4, 0.5) is 5.69 Å². The van der Waals surface area contributed by atoms with Crippen molar-refractivity contribution in [2.75, 3.05) is 11.6 Å². The summed E-state index contributed by atoms with van der Waals surface area (Å²) < 4.78 is 0. The van der Waals surface area contributed by atoms with E-state index in [1.807, 2.05) is 39.5 Å². The summed E-state index contributed by atoms with van der Waals surface area (Å²) in [6.45, 7) is 19.2. The number of rotatable bonds is 4. The molecular weight excluding hydrogens is 274 g/mol. The van der Waals surface area contributed by atoms with E-state index in [1.165, 1.54) is 12.0 Å². The highest BCUT2D eigenvalue weighted by Crippen LogP contribution is 2.14. The molecule has 0 spiro atoms. The zero-order valence-electron chi connectivity index (χ0n) is 15.1. The lowest BCUT2D eigenvalue weighted by Crippen LogP contribution is -1.93. The number of anilines is 1. The van der Waals surface area contributed by atoms with E-state index in [-0.39, 0.29) is 0 Å².